The quantitative estimate of drug-likeness (QED) is 0.663. The Hall–Kier alpha value is -0.590. The molecule has 1 fully saturated rings. The van der Waals surface area contributed by atoms with E-state index in [0.29, 0.717) is 5.92 Å². The molecule has 0 aliphatic carbocycles. The highest BCUT2D eigenvalue weighted by atomic mass is 15.2. The van der Waals surface area contributed by atoms with Gasteiger partial charge < -0.3 is 5.73 Å². The lowest BCUT2D eigenvalue weighted by molar-refractivity contribution is 0.119. The van der Waals surface area contributed by atoms with Crippen LogP contribution < -0.4 is 5.73 Å². The van der Waals surface area contributed by atoms with Crippen LogP contribution in [0, 0.1) is 23.2 Å². The number of hydrogen-bond donors (Lipinski definition) is 1. The van der Waals surface area contributed by atoms with Gasteiger partial charge in [0.15, 0.2) is 0 Å². The summed E-state index contributed by atoms with van der Waals surface area (Å²) >= 11 is 0. The molecule has 0 radical (unpaired) electrons. The first kappa shape index (κ1) is 9.50. The number of likely N-dealkylation sites (tertiary alicyclic amines) is 1. The lowest BCUT2D eigenvalue weighted by Crippen LogP contribution is -2.51. The van der Waals surface area contributed by atoms with Crippen molar-refractivity contribution < 1.29 is 0 Å². The number of nitrogens with zero attached hydrogens (tertiary/aromatic N) is 2. The molecule has 1 rings (SSSR count). The van der Waals surface area contributed by atoms with Crippen LogP contribution in [0.5, 0.6) is 0 Å². The molecule has 0 aromatic heterocycles. The molecule has 1 saturated heterocycles. The maximum atomic E-state index is 8.54. The van der Waals surface area contributed by atoms with Gasteiger partial charge in [-0.2, -0.15) is 5.26 Å². The van der Waals surface area contributed by atoms with Crippen molar-refractivity contribution in [1.29, 1.82) is 5.26 Å². The average molecular weight is 167 g/mol. The maximum Gasteiger partial charge on any atom is 0.0717 e. The molecule has 1 aliphatic rings. The first-order valence-corrected chi connectivity index (χ1v) is 4.51. The molecule has 0 aromatic rings. The molecule has 0 bridgehead atoms. The standard InChI is InChI=1S/C9H17N3/c1-7(2)9(11)6-12-4-8(3-10)5-12/h7-9H,4-6,11H2,1-2H3. The lowest BCUT2D eigenvalue weighted by Gasteiger charge is -2.37. The van der Waals surface area contributed by atoms with E-state index in [1.54, 1.807) is 0 Å². The Morgan fingerprint density at radius 1 is 1.58 bits per heavy atom. The van der Waals surface area contributed by atoms with Crippen molar-refractivity contribution in [3.63, 3.8) is 0 Å². The van der Waals surface area contributed by atoms with Crippen molar-refractivity contribution in [3.8, 4) is 6.07 Å². The molecule has 1 aliphatic heterocycles. The zero-order valence-electron chi connectivity index (χ0n) is 7.83. The fourth-order valence-corrected chi connectivity index (χ4v) is 1.31. The van der Waals surface area contributed by atoms with Crippen LogP contribution in [-0.4, -0.2) is 30.6 Å². The van der Waals surface area contributed by atoms with E-state index in [1.165, 1.54) is 0 Å². The van der Waals surface area contributed by atoms with Crippen molar-refractivity contribution in [2.45, 2.75) is 19.9 Å². The third-order valence-corrected chi connectivity index (χ3v) is 2.47. The summed E-state index contributed by atoms with van der Waals surface area (Å²) < 4.78 is 0. The van der Waals surface area contributed by atoms with Gasteiger partial charge in [-0.05, 0) is 5.92 Å². The van der Waals surface area contributed by atoms with Crippen molar-refractivity contribution in [1.82, 2.24) is 4.90 Å². The van der Waals surface area contributed by atoms with Crippen LogP contribution in [0.15, 0.2) is 0 Å². The molecule has 1 heterocycles. The molecule has 3 heteroatoms. The summed E-state index contributed by atoms with van der Waals surface area (Å²) in [6.07, 6.45) is 0. The van der Waals surface area contributed by atoms with Crippen LogP contribution in [0.1, 0.15) is 13.8 Å². The number of rotatable bonds is 3. The Kier molecular flexibility index (Phi) is 3.07. The molecule has 12 heavy (non-hydrogen) atoms. The molecule has 2 N–H and O–H groups in total. The largest absolute Gasteiger partial charge is 0.326 e. The Balaban J connectivity index is 2.15. The smallest absolute Gasteiger partial charge is 0.0717 e. The van der Waals surface area contributed by atoms with E-state index in [0.717, 1.165) is 19.6 Å². The summed E-state index contributed by atoms with van der Waals surface area (Å²) in [5, 5.41) is 8.54. The van der Waals surface area contributed by atoms with E-state index in [1.807, 2.05) is 0 Å². The van der Waals surface area contributed by atoms with Gasteiger partial charge in [-0.1, -0.05) is 13.8 Å². The van der Waals surface area contributed by atoms with E-state index < -0.39 is 0 Å². The summed E-state index contributed by atoms with van der Waals surface area (Å²) in [4.78, 5) is 2.25. The molecular weight excluding hydrogens is 150 g/mol. The predicted octanol–water partition coefficient (Wildman–Crippen LogP) is 0.425. The van der Waals surface area contributed by atoms with Crippen LogP contribution in [0.4, 0.5) is 0 Å². The average Bonchev–Trinajstić information content (AvgIpc) is 1.94. The molecule has 68 valence electrons. The highest BCUT2D eigenvalue weighted by Crippen LogP contribution is 2.15. The third kappa shape index (κ3) is 2.20. The van der Waals surface area contributed by atoms with Crippen molar-refractivity contribution in [2.24, 2.45) is 17.6 Å². The van der Waals surface area contributed by atoms with Gasteiger partial charge in [-0.3, -0.25) is 4.90 Å². The third-order valence-electron chi connectivity index (χ3n) is 2.47. The summed E-state index contributed by atoms with van der Waals surface area (Å²) in [5.74, 6) is 0.787. The molecule has 0 spiro atoms. The molecule has 0 amide bonds. The second-order valence-electron chi connectivity index (χ2n) is 3.95. The van der Waals surface area contributed by atoms with Crippen LogP contribution in [0.2, 0.25) is 0 Å². The highest BCUT2D eigenvalue weighted by Gasteiger charge is 2.27. The molecule has 0 aromatic carbocycles. The van der Waals surface area contributed by atoms with E-state index >= 15 is 0 Å². The first-order chi connectivity index (χ1) is 5.63. The summed E-state index contributed by atoms with van der Waals surface area (Å²) in [7, 11) is 0. The van der Waals surface area contributed by atoms with Crippen molar-refractivity contribution in [3.05, 3.63) is 0 Å². The van der Waals surface area contributed by atoms with Gasteiger partial charge in [0.1, 0.15) is 0 Å². The van der Waals surface area contributed by atoms with Crippen molar-refractivity contribution in [2.75, 3.05) is 19.6 Å². The zero-order chi connectivity index (χ0) is 9.14. The topological polar surface area (TPSA) is 53.0 Å². The summed E-state index contributed by atoms with van der Waals surface area (Å²) in [6, 6.07) is 2.51. The van der Waals surface area contributed by atoms with Gasteiger partial charge in [-0.25, -0.2) is 0 Å². The van der Waals surface area contributed by atoms with Gasteiger partial charge in [0.25, 0.3) is 0 Å². The van der Waals surface area contributed by atoms with Crippen molar-refractivity contribution >= 4 is 0 Å². The van der Waals surface area contributed by atoms with Gasteiger partial charge in [0.2, 0.25) is 0 Å². The lowest BCUT2D eigenvalue weighted by atomic mass is 9.98. The fraction of sp³-hybridized carbons (Fsp3) is 0.889. The normalized spacial score (nSPS) is 21.9. The van der Waals surface area contributed by atoms with Crippen LogP contribution in [0.25, 0.3) is 0 Å². The fourth-order valence-electron chi connectivity index (χ4n) is 1.31. The number of nitriles is 1. The Labute approximate surface area is 74.1 Å². The van der Waals surface area contributed by atoms with Crippen LogP contribution >= 0.6 is 0 Å². The number of hydrogen-bond acceptors (Lipinski definition) is 3. The van der Waals surface area contributed by atoms with Gasteiger partial charge in [0.05, 0.1) is 12.0 Å². The Morgan fingerprint density at radius 3 is 2.58 bits per heavy atom. The molecule has 1 unspecified atom stereocenters. The van der Waals surface area contributed by atoms with Gasteiger partial charge in [-0.15, -0.1) is 0 Å². The predicted molar refractivity (Wildman–Crippen MR) is 48.4 cm³/mol. The highest BCUT2D eigenvalue weighted by molar-refractivity contribution is 4.95. The first-order valence-electron chi connectivity index (χ1n) is 4.51. The maximum absolute atomic E-state index is 8.54. The second kappa shape index (κ2) is 3.88. The molecule has 0 saturated carbocycles. The van der Waals surface area contributed by atoms with Gasteiger partial charge in [0, 0.05) is 25.7 Å². The number of nitrogens with two attached hydrogens (primary N) is 1. The SMILES string of the molecule is CC(C)C(N)CN1CC(C#N)C1. The second-order valence-corrected chi connectivity index (χ2v) is 3.95. The van der Waals surface area contributed by atoms with Crippen LogP contribution in [0.3, 0.4) is 0 Å². The van der Waals surface area contributed by atoms with E-state index in [-0.39, 0.29) is 12.0 Å². The van der Waals surface area contributed by atoms with Crippen LogP contribution in [-0.2, 0) is 0 Å². The Bertz CT molecular complexity index is 177. The van der Waals surface area contributed by atoms with Gasteiger partial charge >= 0.3 is 0 Å². The van der Waals surface area contributed by atoms with E-state index in [4.69, 9.17) is 11.0 Å². The summed E-state index contributed by atoms with van der Waals surface area (Å²) in [6.45, 7) is 7.03. The molecule has 3 nitrogen and oxygen atoms in total. The Morgan fingerprint density at radius 2 is 2.17 bits per heavy atom. The monoisotopic (exact) mass is 167 g/mol. The minimum atomic E-state index is 0.254. The van der Waals surface area contributed by atoms with E-state index in [9.17, 15) is 0 Å². The molecular formula is C9H17N3. The summed E-state index contributed by atoms with van der Waals surface area (Å²) in [5.41, 5.74) is 5.89. The minimum absolute atomic E-state index is 0.254. The molecule has 1 atom stereocenters. The minimum Gasteiger partial charge on any atom is -0.326 e. The zero-order valence-corrected chi connectivity index (χ0v) is 7.83. The van der Waals surface area contributed by atoms with E-state index in [2.05, 4.69) is 24.8 Å².